The van der Waals surface area contributed by atoms with Gasteiger partial charge in [-0.2, -0.15) is 0 Å². The Hall–Kier alpha value is -1.26. The fourth-order valence-corrected chi connectivity index (χ4v) is 1.98. The number of hydrogen-bond acceptors (Lipinski definition) is 1. The quantitative estimate of drug-likeness (QED) is 0.701. The topological polar surface area (TPSA) is 20.2 Å². The van der Waals surface area contributed by atoms with Crippen molar-refractivity contribution in [3.8, 4) is 12.3 Å². The van der Waals surface area contributed by atoms with Crippen molar-refractivity contribution in [3.05, 3.63) is 35.4 Å². The van der Waals surface area contributed by atoms with Crippen LogP contribution >= 0.6 is 0 Å². The van der Waals surface area contributed by atoms with Gasteiger partial charge in [-0.1, -0.05) is 18.1 Å². The highest BCUT2D eigenvalue weighted by Crippen LogP contribution is 2.50. The van der Waals surface area contributed by atoms with E-state index in [1.807, 2.05) is 31.2 Å². The van der Waals surface area contributed by atoms with Crippen molar-refractivity contribution in [1.29, 1.82) is 0 Å². The van der Waals surface area contributed by atoms with Crippen molar-refractivity contribution in [2.24, 2.45) is 0 Å². The fraction of sp³-hybridized carbons (Fsp3) is 0.385. The van der Waals surface area contributed by atoms with Crippen LogP contribution in [0.1, 0.15) is 30.9 Å². The minimum Gasteiger partial charge on any atom is -0.392 e. The molecule has 1 fully saturated rings. The van der Waals surface area contributed by atoms with E-state index < -0.39 is 0 Å². The summed E-state index contributed by atoms with van der Waals surface area (Å²) in [6.07, 6.45) is 7.19. The lowest BCUT2D eigenvalue weighted by atomic mass is 9.90. The molecule has 14 heavy (non-hydrogen) atoms. The lowest BCUT2D eigenvalue weighted by Crippen LogP contribution is -2.22. The Morgan fingerprint density at radius 2 is 1.93 bits per heavy atom. The van der Waals surface area contributed by atoms with Crippen LogP contribution in [-0.4, -0.2) is 11.2 Å². The number of rotatable bonds is 2. The van der Waals surface area contributed by atoms with Crippen LogP contribution in [0.4, 0.5) is 0 Å². The number of aliphatic hydroxyl groups excluding tert-OH is 1. The van der Waals surface area contributed by atoms with Gasteiger partial charge >= 0.3 is 0 Å². The Bertz CT molecular complexity index is 363. The minimum absolute atomic E-state index is 0.0210. The maximum absolute atomic E-state index is 9.68. The average Bonchev–Trinajstić information content (AvgIpc) is 2.99. The molecular formula is C13H14O. The predicted octanol–water partition coefficient (Wildman–Crippen LogP) is 2.08. The number of terminal acetylenes is 1. The van der Waals surface area contributed by atoms with E-state index >= 15 is 0 Å². The standard InChI is InChI=1S/C13H14O/c1-3-11-4-6-12(7-5-11)13(8-9-13)10(2)14/h1,4-7,10,14H,8-9H2,2H3. The molecule has 1 aliphatic rings. The molecule has 0 saturated heterocycles. The van der Waals surface area contributed by atoms with Crippen molar-refractivity contribution in [2.75, 3.05) is 0 Å². The van der Waals surface area contributed by atoms with Crippen LogP contribution < -0.4 is 0 Å². The predicted molar refractivity (Wildman–Crippen MR) is 57.0 cm³/mol. The normalized spacial score (nSPS) is 19.8. The zero-order valence-electron chi connectivity index (χ0n) is 8.33. The third-order valence-electron chi connectivity index (χ3n) is 3.21. The highest BCUT2D eigenvalue weighted by atomic mass is 16.3. The highest BCUT2D eigenvalue weighted by molar-refractivity contribution is 5.39. The minimum atomic E-state index is -0.265. The fourth-order valence-electron chi connectivity index (χ4n) is 1.98. The van der Waals surface area contributed by atoms with Crippen LogP contribution in [0.3, 0.4) is 0 Å². The van der Waals surface area contributed by atoms with Gasteiger partial charge in [0.25, 0.3) is 0 Å². The maximum atomic E-state index is 9.68. The van der Waals surface area contributed by atoms with Gasteiger partial charge in [0.15, 0.2) is 0 Å². The molecule has 0 aromatic heterocycles. The van der Waals surface area contributed by atoms with Crippen LogP contribution in [0.2, 0.25) is 0 Å². The van der Waals surface area contributed by atoms with Crippen LogP contribution in [0.15, 0.2) is 24.3 Å². The van der Waals surface area contributed by atoms with Crippen LogP contribution in [-0.2, 0) is 5.41 Å². The molecule has 0 heterocycles. The molecule has 1 nitrogen and oxygen atoms in total. The van der Waals surface area contributed by atoms with Gasteiger partial charge in [0.2, 0.25) is 0 Å². The van der Waals surface area contributed by atoms with Crippen molar-refractivity contribution < 1.29 is 5.11 Å². The summed E-state index contributed by atoms with van der Waals surface area (Å²) in [5, 5.41) is 9.68. The Kier molecular flexibility index (Phi) is 2.09. The van der Waals surface area contributed by atoms with Gasteiger partial charge in [-0.25, -0.2) is 0 Å². The van der Waals surface area contributed by atoms with Crippen LogP contribution in [0.5, 0.6) is 0 Å². The zero-order valence-corrected chi connectivity index (χ0v) is 8.33. The molecule has 0 amide bonds. The summed E-state index contributed by atoms with van der Waals surface area (Å²) in [5.41, 5.74) is 2.13. The Labute approximate surface area is 84.8 Å². The first kappa shape index (κ1) is 9.30. The number of benzene rings is 1. The SMILES string of the molecule is C#Cc1ccc(C2(C(C)O)CC2)cc1. The molecule has 1 atom stereocenters. The summed E-state index contributed by atoms with van der Waals surface area (Å²) in [7, 11) is 0. The van der Waals surface area contributed by atoms with E-state index in [-0.39, 0.29) is 11.5 Å². The zero-order chi connectivity index (χ0) is 10.2. The van der Waals surface area contributed by atoms with Crippen molar-refractivity contribution in [3.63, 3.8) is 0 Å². The van der Waals surface area contributed by atoms with Crippen LogP contribution in [0, 0.1) is 12.3 Å². The Morgan fingerprint density at radius 3 is 2.29 bits per heavy atom. The lowest BCUT2D eigenvalue weighted by Gasteiger charge is -2.18. The van der Waals surface area contributed by atoms with E-state index in [4.69, 9.17) is 6.42 Å². The largest absolute Gasteiger partial charge is 0.392 e. The molecule has 72 valence electrons. The smallest absolute Gasteiger partial charge is 0.0608 e. The Balaban J connectivity index is 2.31. The molecule has 1 heteroatoms. The molecule has 1 aromatic carbocycles. The van der Waals surface area contributed by atoms with Crippen molar-refractivity contribution in [2.45, 2.75) is 31.3 Å². The maximum Gasteiger partial charge on any atom is 0.0608 e. The number of hydrogen-bond donors (Lipinski definition) is 1. The van der Waals surface area contributed by atoms with Gasteiger partial charge in [-0.05, 0) is 37.5 Å². The lowest BCUT2D eigenvalue weighted by molar-refractivity contribution is 0.150. The number of aliphatic hydroxyl groups is 1. The van der Waals surface area contributed by atoms with Gasteiger partial charge in [-0.15, -0.1) is 6.42 Å². The van der Waals surface area contributed by atoms with E-state index in [9.17, 15) is 5.11 Å². The average molecular weight is 186 g/mol. The van der Waals surface area contributed by atoms with Crippen molar-refractivity contribution in [1.82, 2.24) is 0 Å². The molecule has 1 aromatic rings. The molecule has 1 saturated carbocycles. The highest BCUT2D eigenvalue weighted by Gasteiger charge is 2.48. The molecule has 0 spiro atoms. The van der Waals surface area contributed by atoms with E-state index in [1.165, 1.54) is 5.56 Å². The summed E-state index contributed by atoms with van der Waals surface area (Å²) >= 11 is 0. The van der Waals surface area contributed by atoms with E-state index in [1.54, 1.807) is 0 Å². The first-order chi connectivity index (χ1) is 6.69. The Morgan fingerprint density at radius 1 is 1.36 bits per heavy atom. The van der Waals surface area contributed by atoms with Crippen molar-refractivity contribution >= 4 is 0 Å². The molecule has 1 unspecified atom stereocenters. The molecule has 1 N–H and O–H groups in total. The molecule has 1 aliphatic carbocycles. The monoisotopic (exact) mass is 186 g/mol. The second kappa shape index (κ2) is 3.15. The second-order valence-electron chi connectivity index (χ2n) is 4.05. The summed E-state index contributed by atoms with van der Waals surface area (Å²) in [6.45, 7) is 1.86. The summed E-state index contributed by atoms with van der Waals surface area (Å²) < 4.78 is 0. The van der Waals surface area contributed by atoms with E-state index in [0.29, 0.717) is 0 Å². The first-order valence-electron chi connectivity index (χ1n) is 4.94. The molecule has 2 rings (SSSR count). The molecule has 0 aliphatic heterocycles. The third kappa shape index (κ3) is 1.32. The second-order valence-corrected chi connectivity index (χ2v) is 4.05. The first-order valence-corrected chi connectivity index (χ1v) is 4.94. The van der Waals surface area contributed by atoms with Gasteiger partial charge in [0, 0.05) is 11.0 Å². The van der Waals surface area contributed by atoms with Gasteiger partial charge in [0.1, 0.15) is 0 Å². The summed E-state index contributed by atoms with van der Waals surface area (Å²) in [6, 6.07) is 7.96. The molecular weight excluding hydrogens is 172 g/mol. The van der Waals surface area contributed by atoms with Gasteiger partial charge in [0.05, 0.1) is 6.10 Å². The van der Waals surface area contributed by atoms with E-state index in [0.717, 1.165) is 18.4 Å². The third-order valence-corrected chi connectivity index (χ3v) is 3.21. The van der Waals surface area contributed by atoms with Gasteiger partial charge < -0.3 is 5.11 Å². The molecule has 0 bridgehead atoms. The summed E-state index contributed by atoms with van der Waals surface area (Å²) in [5.74, 6) is 2.59. The molecule has 0 radical (unpaired) electrons. The van der Waals surface area contributed by atoms with E-state index in [2.05, 4.69) is 5.92 Å². The van der Waals surface area contributed by atoms with Gasteiger partial charge in [-0.3, -0.25) is 0 Å². The van der Waals surface area contributed by atoms with Crippen LogP contribution in [0.25, 0.3) is 0 Å². The summed E-state index contributed by atoms with van der Waals surface area (Å²) in [4.78, 5) is 0.